The van der Waals surface area contributed by atoms with E-state index in [1.54, 1.807) is 0 Å². The predicted octanol–water partition coefficient (Wildman–Crippen LogP) is -1.68. The van der Waals surface area contributed by atoms with E-state index in [1.165, 1.54) is 0 Å². The molecule has 3 heteroatoms. The lowest BCUT2D eigenvalue weighted by Gasteiger charge is -1.96. The van der Waals surface area contributed by atoms with Crippen LogP contribution in [0.25, 0.3) is 0 Å². The molecule has 30 valence electrons. The maximum absolute atomic E-state index is 9.23. The third-order valence-corrected chi connectivity index (χ3v) is 0.144. The molecule has 2 N–H and O–H groups in total. The molecule has 0 bridgehead atoms. The molecule has 0 aromatic carbocycles. The minimum absolute atomic E-state index is 0.667. The average Bonchev–Trinajstić information content (AvgIpc) is 1.38. The van der Waals surface area contributed by atoms with Gasteiger partial charge in [-0.05, 0) is 5.90 Å². The molecule has 0 aliphatic carbocycles. The highest BCUT2D eigenvalue weighted by Crippen LogP contribution is 1.43. The molecule has 0 amide bonds. The molecule has 0 fully saturated rings. The Hall–Kier alpha value is -0.570. The zero-order valence-electron chi connectivity index (χ0n) is 2.56. The van der Waals surface area contributed by atoms with E-state index >= 15 is 0 Å². The van der Waals surface area contributed by atoms with Gasteiger partial charge in [-0.1, -0.05) is 0 Å². The second kappa shape index (κ2) is 1.72. The average molecular weight is 74.1 g/mol. The molecule has 0 atom stereocenters. The Kier molecular flexibility index (Phi) is 1.53. The molecular formula is C2H4NO2-. The summed E-state index contributed by atoms with van der Waals surface area (Å²) in [6.45, 7) is -0.667. The Bertz CT molecular complexity index is 42.9. The third kappa shape index (κ3) is 3.43. The summed E-state index contributed by atoms with van der Waals surface area (Å²) in [5.41, 5.74) is 0. The van der Waals surface area contributed by atoms with Gasteiger partial charge in [-0.3, -0.25) is 0 Å². The Morgan fingerprint density at radius 3 is 2.20 bits per heavy atom. The van der Waals surface area contributed by atoms with E-state index in [2.05, 4.69) is 0 Å². The van der Waals surface area contributed by atoms with Crippen molar-refractivity contribution in [1.29, 1.82) is 5.41 Å². The molecule has 0 aromatic rings. The first-order valence-corrected chi connectivity index (χ1v) is 1.12. The molecule has 5 heavy (non-hydrogen) atoms. The summed E-state index contributed by atoms with van der Waals surface area (Å²) < 4.78 is 0. The topological polar surface area (TPSA) is 67.1 Å². The monoisotopic (exact) mass is 74.0 g/mol. The Morgan fingerprint density at radius 1 is 2.00 bits per heavy atom. The summed E-state index contributed by atoms with van der Waals surface area (Å²) >= 11 is 0. The zero-order valence-corrected chi connectivity index (χ0v) is 2.56. The number of nitrogens with one attached hydrogen (secondary N) is 1. The van der Waals surface area contributed by atoms with Gasteiger partial charge in [0.2, 0.25) is 0 Å². The van der Waals surface area contributed by atoms with Crippen LogP contribution in [0.5, 0.6) is 0 Å². The Labute approximate surface area is 29.4 Å². The van der Waals surface area contributed by atoms with Crippen molar-refractivity contribution < 1.29 is 10.2 Å². The Balaban J connectivity index is 2.85. The van der Waals surface area contributed by atoms with Crippen LogP contribution in [-0.4, -0.2) is 17.6 Å². The fourth-order valence-electron chi connectivity index (χ4n) is 0. The summed E-state index contributed by atoms with van der Waals surface area (Å²) in [4.78, 5) is 0. The summed E-state index contributed by atoms with van der Waals surface area (Å²) in [6.07, 6.45) is 0. The van der Waals surface area contributed by atoms with Crippen molar-refractivity contribution in [2.75, 3.05) is 6.61 Å². The second-order valence-electron chi connectivity index (χ2n) is 0.581. The molecule has 0 aliphatic rings. The predicted molar refractivity (Wildman–Crippen MR) is 14.8 cm³/mol. The second-order valence-corrected chi connectivity index (χ2v) is 0.581. The van der Waals surface area contributed by atoms with Crippen molar-refractivity contribution in [2.45, 2.75) is 0 Å². The maximum Gasteiger partial charge on any atom is 0.0706 e. The first-order valence-electron chi connectivity index (χ1n) is 1.12. The fourth-order valence-corrected chi connectivity index (χ4v) is 0. The first kappa shape index (κ1) is 4.43. The first-order chi connectivity index (χ1) is 2.27. The number of aliphatic hydroxyl groups is 1. The molecule has 0 spiro atoms. The highest BCUT2D eigenvalue weighted by molar-refractivity contribution is 5.68. The quantitative estimate of drug-likeness (QED) is 0.288. The minimum Gasteiger partial charge on any atom is -0.861 e. The molecule has 3 nitrogen and oxygen atoms in total. The number of rotatable bonds is 1. The van der Waals surface area contributed by atoms with Crippen LogP contribution >= 0.6 is 0 Å². The summed E-state index contributed by atoms with van der Waals surface area (Å²) in [6, 6.07) is 0. The lowest BCUT2D eigenvalue weighted by atomic mass is 10.7. The largest absolute Gasteiger partial charge is 0.861 e. The third-order valence-electron chi connectivity index (χ3n) is 0.144. The van der Waals surface area contributed by atoms with Crippen molar-refractivity contribution in [3.05, 3.63) is 0 Å². The molecule has 0 heterocycles. The SMILES string of the molecule is N=C([O-])CO. The van der Waals surface area contributed by atoms with Crippen LogP contribution in [0.2, 0.25) is 0 Å². The highest BCUT2D eigenvalue weighted by Gasteiger charge is 1.61. The van der Waals surface area contributed by atoms with Gasteiger partial charge in [-0.15, -0.1) is 0 Å². The lowest BCUT2D eigenvalue weighted by molar-refractivity contribution is -0.223. The zero-order chi connectivity index (χ0) is 4.28. The lowest BCUT2D eigenvalue weighted by Crippen LogP contribution is -2.19. The minimum atomic E-state index is -0.940. The molecule has 0 radical (unpaired) electrons. The van der Waals surface area contributed by atoms with E-state index in [9.17, 15) is 5.11 Å². The van der Waals surface area contributed by atoms with Gasteiger partial charge in [0, 0.05) is 0 Å². The van der Waals surface area contributed by atoms with E-state index in [-0.39, 0.29) is 0 Å². The highest BCUT2D eigenvalue weighted by atomic mass is 16.3. The van der Waals surface area contributed by atoms with Gasteiger partial charge in [-0.2, -0.15) is 0 Å². The number of aliphatic hydroxyl groups excluding tert-OH is 1. The van der Waals surface area contributed by atoms with Crippen LogP contribution in [0.3, 0.4) is 0 Å². The van der Waals surface area contributed by atoms with Crippen LogP contribution in [0.15, 0.2) is 0 Å². The van der Waals surface area contributed by atoms with Gasteiger partial charge in [0.1, 0.15) is 0 Å². The van der Waals surface area contributed by atoms with Gasteiger partial charge >= 0.3 is 0 Å². The number of hydrogen-bond acceptors (Lipinski definition) is 3. The van der Waals surface area contributed by atoms with E-state index in [4.69, 9.17) is 10.5 Å². The smallest absolute Gasteiger partial charge is 0.0706 e. The van der Waals surface area contributed by atoms with Gasteiger partial charge in [0.05, 0.1) is 6.61 Å². The summed E-state index contributed by atoms with van der Waals surface area (Å²) in [5, 5.41) is 22.8. The molecular weight excluding hydrogens is 70.0 g/mol. The van der Waals surface area contributed by atoms with Gasteiger partial charge in [-0.25, -0.2) is 0 Å². The molecule has 0 saturated carbocycles. The molecule has 0 saturated heterocycles. The van der Waals surface area contributed by atoms with E-state index in [0.717, 1.165) is 0 Å². The van der Waals surface area contributed by atoms with E-state index < -0.39 is 12.5 Å². The van der Waals surface area contributed by atoms with Crippen molar-refractivity contribution in [1.82, 2.24) is 0 Å². The van der Waals surface area contributed by atoms with E-state index in [1.807, 2.05) is 0 Å². The number of hydrogen-bond donors (Lipinski definition) is 2. The summed E-state index contributed by atoms with van der Waals surface area (Å²) in [5.74, 6) is -0.940. The van der Waals surface area contributed by atoms with E-state index in [0.29, 0.717) is 0 Å². The normalized spacial score (nSPS) is 7.40. The van der Waals surface area contributed by atoms with Crippen molar-refractivity contribution in [2.24, 2.45) is 0 Å². The summed E-state index contributed by atoms with van der Waals surface area (Å²) in [7, 11) is 0. The van der Waals surface area contributed by atoms with Gasteiger partial charge in [0.25, 0.3) is 0 Å². The fraction of sp³-hybridized carbons (Fsp3) is 0.500. The maximum atomic E-state index is 9.23. The van der Waals surface area contributed by atoms with Crippen LogP contribution in [-0.2, 0) is 0 Å². The van der Waals surface area contributed by atoms with Crippen LogP contribution < -0.4 is 5.11 Å². The van der Waals surface area contributed by atoms with Crippen molar-refractivity contribution >= 4 is 5.90 Å². The molecule has 0 aromatic heterocycles. The van der Waals surface area contributed by atoms with Gasteiger partial charge in [0.15, 0.2) is 0 Å². The molecule has 0 aliphatic heterocycles. The van der Waals surface area contributed by atoms with Crippen molar-refractivity contribution in [3.63, 3.8) is 0 Å². The van der Waals surface area contributed by atoms with Crippen LogP contribution in [0, 0.1) is 5.41 Å². The standard InChI is InChI=1S/C2H5NO2/c3-2(5)1-4/h4H,1H2,(H2,3,5)/p-1. The van der Waals surface area contributed by atoms with Gasteiger partial charge < -0.3 is 15.6 Å². The molecule has 0 rings (SSSR count). The van der Waals surface area contributed by atoms with Crippen molar-refractivity contribution in [3.8, 4) is 0 Å². The van der Waals surface area contributed by atoms with Crippen LogP contribution in [0.1, 0.15) is 0 Å². The molecule has 0 unspecified atom stereocenters. The Morgan fingerprint density at radius 2 is 2.20 bits per heavy atom. The van der Waals surface area contributed by atoms with Crippen LogP contribution in [0.4, 0.5) is 0 Å².